The first-order chi connectivity index (χ1) is 9.40. The Morgan fingerprint density at radius 1 is 1.05 bits per heavy atom. The van der Waals surface area contributed by atoms with Crippen molar-refractivity contribution in [2.45, 2.75) is 46.1 Å². The quantitative estimate of drug-likeness (QED) is 0.802. The Morgan fingerprint density at radius 2 is 1.75 bits per heavy atom. The number of likely N-dealkylation sites (tertiary alicyclic amines) is 2. The zero-order chi connectivity index (χ0) is 14.9. The molecule has 0 aliphatic carbocycles. The van der Waals surface area contributed by atoms with Gasteiger partial charge >= 0.3 is 12.0 Å². The number of hydrogen-bond acceptors (Lipinski definition) is 2. The number of aliphatic carboxylic acids is 1. The molecule has 5 heteroatoms. The predicted molar refractivity (Wildman–Crippen MR) is 76.4 cm³/mol. The first kappa shape index (κ1) is 15.1. The molecule has 2 heterocycles. The fourth-order valence-electron chi connectivity index (χ4n) is 3.22. The minimum atomic E-state index is -0.872. The molecule has 2 fully saturated rings. The van der Waals surface area contributed by atoms with Gasteiger partial charge in [0.2, 0.25) is 0 Å². The van der Waals surface area contributed by atoms with E-state index in [0.717, 1.165) is 25.9 Å². The van der Waals surface area contributed by atoms with E-state index in [9.17, 15) is 14.7 Å². The van der Waals surface area contributed by atoms with Crippen molar-refractivity contribution < 1.29 is 14.7 Å². The number of carbonyl (C=O) groups is 2. The Morgan fingerprint density at radius 3 is 2.35 bits per heavy atom. The molecule has 0 saturated carbocycles. The molecule has 20 heavy (non-hydrogen) atoms. The number of piperidine rings is 2. The van der Waals surface area contributed by atoms with Gasteiger partial charge in [0.05, 0.1) is 0 Å². The predicted octanol–water partition coefficient (Wildman–Crippen LogP) is 2.27. The maximum Gasteiger partial charge on any atom is 0.326 e. The first-order valence-corrected chi connectivity index (χ1v) is 7.68. The van der Waals surface area contributed by atoms with Gasteiger partial charge < -0.3 is 14.9 Å². The molecule has 0 aromatic rings. The van der Waals surface area contributed by atoms with Gasteiger partial charge in [-0.1, -0.05) is 20.8 Å². The molecule has 2 saturated heterocycles. The second kappa shape index (κ2) is 6.02. The molecular weight excluding hydrogens is 256 g/mol. The van der Waals surface area contributed by atoms with Crippen molar-refractivity contribution in [2.75, 3.05) is 19.6 Å². The van der Waals surface area contributed by atoms with E-state index in [1.54, 1.807) is 4.90 Å². The third kappa shape index (κ3) is 3.07. The molecule has 2 aliphatic rings. The van der Waals surface area contributed by atoms with Gasteiger partial charge in [-0.3, -0.25) is 0 Å². The minimum absolute atomic E-state index is 0.0805. The highest BCUT2D eigenvalue weighted by molar-refractivity contribution is 5.83. The molecule has 4 unspecified atom stereocenters. The largest absolute Gasteiger partial charge is 0.480 e. The van der Waals surface area contributed by atoms with Gasteiger partial charge in [0.15, 0.2) is 0 Å². The Labute approximate surface area is 120 Å². The lowest BCUT2D eigenvalue weighted by atomic mass is 9.88. The van der Waals surface area contributed by atoms with Gasteiger partial charge in [0, 0.05) is 19.6 Å². The number of rotatable bonds is 1. The van der Waals surface area contributed by atoms with Gasteiger partial charge in [0.1, 0.15) is 6.04 Å². The highest BCUT2D eigenvalue weighted by atomic mass is 16.4. The van der Waals surface area contributed by atoms with E-state index in [2.05, 4.69) is 20.8 Å². The van der Waals surface area contributed by atoms with E-state index in [1.807, 2.05) is 4.90 Å². The molecule has 1 N–H and O–H groups in total. The second-order valence-corrected chi connectivity index (χ2v) is 6.65. The second-order valence-electron chi connectivity index (χ2n) is 6.65. The van der Waals surface area contributed by atoms with Crippen LogP contribution in [-0.4, -0.2) is 52.6 Å². The molecule has 0 aromatic heterocycles. The first-order valence-electron chi connectivity index (χ1n) is 7.68. The third-order valence-electron chi connectivity index (χ3n) is 5.00. The minimum Gasteiger partial charge on any atom is -0.480 e. The highest BCUT2D eigenvalue weighted by Crippen LogP contribution is 2.27. The Balaban J connectivity index is 2.05. The maximum atomic E-state index is 12.6. The number of nitrogens with zero attached hydrogens (tertiary/aromatic N) is 2. The van der Waals surface area contributed by atoms with Gasteiger partial charge in [0.25, 0.3) is 0 Å². The number of urea groups is 1. The summed E-state index contributed by atoms with van der Waals surface area (Å²) in [7, 11) is 0. The molecular formula is C15H26N2O3. The van der Waals surface area contributed by atoms with Gasteiger partial charge in [-0.2, -0.15) is 0 Å². The average Bonchev–Trinajstić information content (AvgIpc) is 2.41. The van der Waals surface area contributed by atoms with Crippen LogP contribution >= 0.6 is 0 Å². The van der Waals surface area contributed by atoms with E-state index < -0.39 is 12.0 Å². The van der Waals surface area contributed by atoms with Crippen LogP contribution in [0.2, 0.25) is 0 Å². The zero-order valence-electron chi connectivity index (χ0n) is 12.7. The Hall–Kier alpha value is -1.26. The van der Waals surface area contributed by atoms with Crippen LogP contribution in [-0.2, 0) is 4.79 Å². The Bertz CT molecular complexity index is 385. The summed E-state index contributed by atoms with van der Waals surface area (Å²) in [6.07, 6.45) is 2.48. The van der Waals surface area contributed by atoms with E-state index >= 15 is 0 Å². The molecule has 0 spiro atoms. The summed E-state index contributed by atoms with van der Waals surface area (Å²) in [4.78, 5) is 27.4. The molecule has 4 atom stereocenters. The van der Waals surface area contributed by atoms with E-state index in [1.165, 1.54) is 0 Å². The Kier molecular flexibility index (Phi) is 4.55. The third-order valence-corrected chi connectivity index (χ3v) is 5.00. The van der Waals surface area contributed by atoms with Gasteiger partial charge in [-0.15, -0.1) is 0 Å². The molecule has 0 bridgehead atoms. The summed E-state index contributed by atoms with van der Waals surface area (Å²) in [5, 5.41) is 9.36. The van der Waals surface area contributed by atoms with Crippen LogP contribution in [0.3, 0.4) is 0 Å². The summed E-state index contributed by atoms with van der Waals surface area (Å²) >= 11 is 0. The lowest BCUT2D eigenvalue weighted by molar-refractivity contribution is -0.144. The number of carboxylic acids is 1. The normalized spacial score (nSPS) is 35.0. The van der Waals surface area contributed by atoms with Crippen LogP contribution in [0, 0.1) is 17.8 Å². The fourth-order valence-corrected chi connectivity index (χ4v) is 3.22. The SMILES string of the molecule is CC1CCN(C(=O)N2CCC(C)C(C)C2)C(C(=O)O)C1. The standard InChI is InChI=1S/C15H26N2O3/c1-10-4-7-17(13(8-10)14(18)19)15(20)16-6-5-11(2)12(3)9-16/h10-13H,4-9H2,1-3H3,(H,18,19). The number of carboxylic acid groups (broad SMARTS) is 1. The molecule has 0 aromatic carbocycles. The van der Waals surface area contributed by atoms with Crippen molar-refractivity contribution in [3.05, 3.63) is 0 Å². The summed E-state index contributed by atoms with van der Waals surface area (Å²) in [5.74, 6) is 0.624. The smallest absolute Gasteiger partial charge is 0.326 e. The summed E-state index contributed by atoms with van der Waals surface area (Å²) in [6, 6.07) is -0.732. The molecule has 5 nitrogen and oxygen atoms in total. The molecule has 2 amide bonds. The zero-order valence-corrected chi connectivity index (χ0v) is 12.7. The summed E-state index contributed by atoms with van der Waals surface area (Å²) < 4.78 is 0. The molecule has 0 radical (unpaired) electrons. The van der Waals surface area contributed by atoms with Crippen molar-refractivity contribution in [3.8, 4) is 0 Å². The van der Waals surface area contributed by atoms with Crippen LogP contribution in [0.4, 0.5) is 4.79 Å². The summed E-state index contributed by atoms with van der Waals surface area (Å²) in [6.45, 7) is 8.51. The maximum absolute atomic E-state index is 12.6. The van der Waals surface area contributed by atoms with Crippen molar-refractivity contribution in [1.29, 1.82) is 0 Å². The average molecular weight is 282 g/mol. The van der Waals surface area contributed by atoms with Crippen LogP contribution in [0.15, 0.2) is 0 Å². The molecule has 114 valence electrons. The van der Waals surface area contributed by atoms with Crippen LogP contribution in [0.25, 0.3) is 0 Å². The van der Waals surface area contributed by atoms with Gasteiger partial charge in [-0.05, 0) is 37.0 Å². The topological polar surface area (TPSA) is 60.9 Å². The number of hydrogen-bond donors (Lipinski definition) is 1. The lowest BCUT2D eigenvalue weighted by Gasteiger charge is -2.42. The monoisotopic (exact) mass is 282 g/mol. The van der Waals surface area contributed by atoms with Crippen molar-refractivity contribution in [3.63, 3.8) is 0 Å². The highest BCUT2D eigenvalue weighted by Gasteiger charge is 2.38. The van der Waals surface area contributed by atoms with Crippen LogP contribution < -0.4 is 0 Å². The van der Waals surface area contributed by atoms with E-state index in [4.69, 9.17) is 0 Å². The van der Waals surface area contributed by atoms with Crippen LogP contribution in [0.1, 0.15) is 40.0 Å². The van der Waals surface area contributed by atoms with Crippen molar-refractivity contribution >= 4 is 12.0 Å². The molecule has 2 rings (SSSR count). The van der Waals surface area contributed by atoms with E-state index in [0.29, 0.717) is 30.7 Å². The van der Waals surface area contributed by atoms with Crippen molar-refractivity contribution in [1.82, 2.24) is 9.80 Å². The summed E-state index contributed by atoms with van der Waals surface area (Å²) in [5.41, 5.74) is 0. The van der Waals surface area contributed by atoms with E-state index in [-0.39, 0.29) is 6.03 Å². The fraction of sp³-hybridized carbons (Fsp3) is 0.867. The number of amides is 2. The van der Waals surface area contributed by atoms with Crippen LogP contribution in [0.5, 0.6) is 0 Å². The van der Waals surface area contributed by atoms with Crippen molar-refractivity contribution in [2.24, 2.45) is 17.8 Å². The number of carbonyl (C=O) groups excluding carboxylic acids is 1. The van der Waals surface area contributed by atoms with Gasteiger partial charge in [-0.25, -0.2) is 9.59 Å². The lowest BCUT2D eigenvalue weighted by Crippen LogP contribution is -2.56. The molecule has 2 aliphatic heterocycles.